The van der Waals surface area contributed by atoms with Crippen molar-refractivity contribution in [3.05, 3.63) is 113 Å². The first kappa shape index (κ1) is 42.9. The maximum Gasteiger partial charge on any atom is 0.201 e. The molecular formula is C45H50F2N8O3. The number of nitrogens with one attached hydrogen (secondary N) is 5. The molecule has 0 bridgehead atoms. The molecule has 1 aromatic heterocycles. The van der Waals surface area contributed by atoms with Crippen molar-refractivity contribution in [3.8, 4) is 17.0 Å². The lowest BCUT2D eigenvalue weighted by Crippen LogP contribution is -2.37. The predicted octanol–water partition coefficient (Wildman–Crippen LogP) is 9.65. The number of aryl methyl sites for hydroxylation is 1. The highest BCUT2D eigenvalue weighted by Gasteiger charge is 2.25. The molecule has 2 heterocycles. The van der Waals surface area contributed by atoms with E-state index in [4.69, 9.17) is 32.1 Å². The lowest BCUT2D eigenvalue weighted by molar-refractivity contribution is -0.114. The van der Waals surface area contributed by atoms with Crippen molar-refractivity contribution in [1.29, 1.82) is 21.6 Å². The third kappa shape index (κ3) is 10.4. The first-order valence-corrected chi connectivity index (χ1v) is 19.3. The van der Waals surface area contributed by atoms with Crippen molar-refractivity contribution in [2.24, 2.45) is 11.7 Å². The molecule has 0 spiro atoms. The summed E-state index contributed by atoms with van der Waals surface area (Å²) in [5.74, 6) is -2.70. The number of carbonyl (C=O) groups excluding carboxylic acids is 2. The molecular weight excluding hydrogens is 739 g/mol. The molecule has 2 aromatic carbocycles. The van der Waals surface area contributed by atoms with Gasteiger partial charge in [-0.3, -0.25) is 14.2 Å². The fourth-order valence-corrected chi connectivity index (χ4v) is 6.60. The van der Waals surface area contributed by atoms with Crippen LogP contribution in [-0.2, 0) is 11.2 Å². The maximum absolute atomic E-state index is 15.7. The molecule has 1 aliphatic carbocycles. The van der Waals surface area contributed by atoms with Crippen molar-refractivity contribution in [2.75, 3.05) is 5.32 Å². The van der Waals surface area contributed by atoms with Crippen molar-refractivity contribution in [3.63, 3.8) is 0 Å². The van der Waals surface area contributed by atoms with Gasteiger partial charge in [0.2, 0.25) is 5.82 Å². The van der Waals surface area contributed by atoms with Gasteiger partial charge in [0, 0.05) is 53.7 Å². The summed E-state index contributed by atoms with van der Waals surface area (Å²) in [4.78, 5) is 30.8. The molecule has 0 saturated carbocycles. The standard InChI is InChI=1S/C45H50F2N8O3/c1-5-29-23-30(16-18-32(29)40(56)24-36(51)27(3)22-37(52)44(57)35(50)13-9-12-34(49)28(4)48)54-38-14-6-7-21-55-39(25-53-45(38)55)33-19-20-41(43(47)42(33)46)58-31-11-8-10-26(2)15-17-31/h7-8,10-11,14-16,18-21,23,25,27,35,48-49,51-52,54H,5-6,9,12-13,17,22,24,50H2,1-4H3/t27-,35-/m0/s1. The van der Waals surface area contributed by atoms with E-state index in [1.807, 2.05) is 44.2 Å². The Hall–Kier alpha value is -6.21. The number of Topliss-reactive ketones (excluding diaryl/α,β-unsaturated/α-hetero) is 2. The van der Waals surface area contributed by atoms with E-state index >= 15 is 8.78 Å². The van der Waals surface area contributed by atoms with E-state index in [9.17, 15) is 9.59 Å². The molecule has 2 aliphatic rings. The van der Waals surface area contributed by atoms with Crippen LogP contribution in [0, 0.1) is 39.2 Å². The fraction of sp³-hybridized carbons (Fsp3) is 0.311. The minimum absolute atomic E-state index is 0.0193. The SMILES string of the molecule is CCc1cc(NC2=CCC=Cn3c(-c4ccc(OC5=CC=CC(C)=CC5)c(F)c4F)cnc32)ccc1C(=O)CC(=N)[C@@H](C)CC(=N)C(=O)[C@@H](N)CCCC(=N)C(C)=N. The minimum atomic E-state index is -1.10. The number of nitrogens with zero attached hydrogens (tertiary/aromatic N) is 2. The Morgan fingerprint density at radius 1 is 1.07 bits per heavy atom. The lowest BCUT2D eigenvalue weighted by Gasteiger charge is -2.17. The van der Waals surface area contributed by atoms with Gasteiger partial charge in [-0.2, -0.15) is 4.39 Å². The number of fused-ring (bicyclic) bond motifs is 1. The van der Waals surface area contributed by atoms with Crippen molar-refractivity contribution < 1.29 is 23.1 Å². The van der Waals surface area contributed by atoms with Crippen LogP contribution in [0.15, 0.2) is 84.3 Å². The number of imidazole rings is 1. The van der Waals surface area contributed by atoms with E-state index in [0.29, 0.717) is 66.3 Å². The molecule has 3 aromatic rings. The maximum atomic E-state index is 15.7. The molecule has 0 amide bonds. The number of hydrogen-bond acceptors (Lipinski definition) is 10. The van der Waals surface area contributed by atoms with Crippen molar-refractivity contribution >= 4 is 52.0 Å². The molecule has 0 radical (unpaired) electrons. The Bertz CT molecular complexity index is 2310. The molecule has 2 atom stereocenters. The van der Waals surface area contributed by atoms with Gasteiger partial charge >= 0.3 is 0 Å². The number of ketones is 2. The van der Waals surface area contributed by atoms with E-state index < -0.39 is 29.4 Å². The monoisotopic (exact) mass is 788 g/mol. The number of hydrogen-bond donors (Lipinski definition) is 6. The molecule has 0 fully saturated rings. The van der Waals surface area contributed by atoms with Gasteiger partial charge in [0.15, 0.2) is 29.0 Å². The van der Waals surface area contributed by atoms with E-state index in [0.717, 1.165) is 11.1 Å². The van der Waals surface area contributed by atoms with Gasteiger partial charge in [-0.05, 0) is 93.8 Å². The predicted molar refractivity (Wildman–Crippen MR) is 227 cm³/mol. The highest BCUT2D eigenvalue weighted by atomic mass is 19.2. The number of nitrogens with two attached hydrogens (primary N) is 1. The van der Waals surface area contributed by atoms with Gasteiger partial charge in [-0.25, -0.2) is 9.37 Å². The van der Waals surface area contributed by atoms with Crippen LogP contribution >= 0.6 is 0 Å². The van der Waals surface area contributed by atoms with Crippen molar-refractivity contribution in [1.82, 2.24) is 9.55 Å². The summed E-state index contributed by atoms with van der Waals surface area (Å²) in [7, 11) is 0. The van der Waals surface area contributed by atoms with Crippen molar-refractivity contribution in [2.45, 2.75) is 85.1 Å². The Morgan fingerprint density at radius 3 is 2.59 bits per heavy atom. The number of allylic oxidation sites excluding steroid dienone is 7. The summed E-state index contributed by atoms with van der Waals surface area (Å²) < 4.78 is 38.5. The zero-order valence-corrected chi connectivity index (χ0v) is 33.3. The first-order chi connectivity index (χ1) is 27.7. The summed E-state index contributed by atoms with van der Waals surface area (Å²) in [5.41, 5.74) is 10.2. The number of ether oxygens (including phenoxy) is 1. The summed E-state index contributed by atoms with van der Waals surface area (Å²) in [6.45, 7) is 7.11. The number of rotatable bonds is 19. The zero-order chi connectivity index (χ0) is 42.1. The van der Waals surface area contributed by atoms with Gasteiger partial charge in [-0.1, -0.05) is 49.8 Å². The Balaban J connectivity index is 1.23. The number of carbonyl (C=O) groups is 2. The zero-order valence-electron chi connectivity index (χ0n) is 33.3. The summed E-state index contributed by atoms with van der Waals surface area (Å²) in [6, 6.07) is 7.32. The molecule has 11 nitrogen and oxygen atoms in total. The number of aromatic nitrogens is 2. The molecule has 1 aliphatic heterocycles. The van der Waals surface area contributed by atoms with Crippen LogP contribution in [0.4, 0.5) is 14.5 Å². The van der Waals surface area contributed by atoms with E-state index in [-0.39, 0.29) is 59.2 Å². The van der Waals surface area contributed by atoms with Gasteiger partial charge in [-0.15, -0.1) is 0 Å². The van der Waals surface area contributed by atoms with Crippen LogP contribution < -0.4 is 15.8 Å². The number of benzene rings is 2. The average Bonchev–Trinajstić information content (AvgIpc) is 3.36. The minimum Gasteiger partial charge on any atom is -0.458 e. The molecule has 0 unspecified atom stereocenters. The summed E-state index contributed by atoms with van der Waals surface area (Å²) >= 11 is 0. The Morgan fingerprint density at radius 2 is 1.84 bits per heavy atom. The molecule has 302 valence electrons. The first-order valence-electron chi connectivity index (χ1n) is 19.3. The van der Waals surface area contributed by atoms with Gasteiger partial charge in [0.1, 0.15) is 5.76 Å². The Labute approximate surface area is 337 Å². The lowest BCUT2D eigenvalue weighted by atomic mass is 9.89. The van der Waals surface area contributed by atoms with E-state index in [2.05, 4.69) is 10.3 Å². The summed E-state index contributed by atoms with van der Waals surface area (Å²) in [6.07, 6.45) is 16.8. The second-order valence-electron chi connectivity index (χ2n) is 14.6. The van der Waals surface area contributed by atoms with Crippen LogP contribution in [0.3, 0.4) is 0 Å². The normalized spacial score (nSPS) is 14.5. The smallest absolute Gasteiger partial charge is 0.201 e. The van der Waals surface area contributed by atoms with E-state index in [1.165, 1.54) is 25.3 Å². The van der Waals surface area contributed by atoms with Crippen LogP contribution in [0.2, 0.25) is 0 Å². The van der Waals surface area contributed by atoms with Gasteiger partial charge in [0.25, 0.3) is 0 Å². The summed E-state index contributed by atoms with van der Waals surface area (Å²) in [5, 5.41) is 35.6. The van der Waals surface area contributed by atoms with Crippen LogP contribution in [0.5, 0.6) is 5.75 Å². The van der Waals surface area contributed by atoms with Gasteiger partial charge in [0.05, 0.1) is 35.1 Å². The third-order valence-electron chi connectivity index (χ3n) is 10.1. The molecule has 5 rings (SSSR count). The molecule has 7 N–H and O–H groups in total. The van der Waals surface area contributed by atoms with Crippen LogP contribution in [0.25, 0.3) is 23.2 Å². The van der Waals surface area contributed by atoms with Crippen LogP contribution in [0.1, 0.15) is 94.4 Å². The molecule has 13 heteroatoms. The second kappa shape index (κ2) is 19.3. The topological polar surface area (TPSA) is 195 Å². The Kier molecular flexibility index (Phi) is 14.3. The number of anilines is 1. The van der Waals surface area contributed by atoms with Gasteiger partial charge < -0.3 is 37.4 Å². The quantitative estimate of drug-likeness (QED) is 0.0517. The highest BCUT2D eigenvalue weighted by Crippen LogP contribution is 2.34. The highest BCUT2D eigenvalue weighted by molar-refractivity contribution is 6.41. The average molecular weight is 789 g/mol. The number of halogens is 2. The third-order valence-corrected chi connectivity index (χ3v) is 10.1. The van der Waals surface area contributed by atoms with Crippen LogP contribution in [-0.4, -0.2) is 50.0 Å². The van der Waals surface area contributed by atoms with E-state index in [1.54, 1.807) is 42.0 Å². The molecule has 58 heavy (non-hydrogen) atoms. The molecule has 0 saturated heterocycles. The second-order valence-corrected chi connectivity index (χ2v) is 14.6. The largest absolute Gasteiger partial charge is 0.458 e. The fourth-order valence-electron chi connectivity index (χ4n) is 6.60.